The van der Waals surface area contributed by atoms with Crippen LogP contribution in [-0.4, -0.2) is 31.1 Å². The molecule has 0 fully saturated rings. The quantitative estimate of drug-likeness (QED) is 0.522. The second-order valence-electron chi connectivity index (χ2n) is 5.76. The van der Waals surface area contributed by atoms with Gasteiger partial charge in [0.2, 0.25) is 0 Å². The number of nitrogens with zero attached hydrogens (tertiary/aromatic N) is 1. The summed E-state index contributed by atoms with van der Waals surface area (Å²) >= 11 is 0. The van der Waals surface area contributed by atoms with E-state index in [9.17, 15) is 0 Å². The number of rotatable bonds is 10. The van der Waals surface area contributed by atoms with Crippen LogP contribution in [0.2, 0.25) is 0 Å². The predicted octanol–water partition coefficient (Wildman–Crippen LogP) is 3.63. The van der Waals surface area contributed by atoms with Gasteiger partial charge in [-0.2, -0.15) is 0 Å². The van der Waals surface area contributed by atoms with Crippen molar-refractivity contribution < 1.29 is 0 Å². The standard InChI is InChI=1S/C19H30N2/c1-5-12-20-15-17(4)19-10-8-18(9-11-19)16-21(13-6-2)14-7-3/h2,8-11,17,20H,5,7,12-16H2,1,3-4H3. The summed E-state index contributed by atoms with van der Waals surface area (Å²) in [5.74, 6) is 3.31. The van der Waals surface area contributed by atoms with Gasteiger partial charge in [-0.25, -0.2) is 0 Å². The number of terminal acetylenes is 1. The lowest BCUT2D eigenvalue weighted by molar-refractivity contribution is 0.299. The van der Waals surface area contributed by atoms with Crippen LogP contribution in [-0.2, 0) is 6.54 Å². The van der Waals surface area contributed by atoms with Gasteiger partial charge in [0.25, 0.3) is 0 Å². The van der Waals surface area contributed by atoms with Crippen LogP contribution in [0.25, 0.3) is 0 Å². The van der Waals surface area contributed by atoms with Gasteiger partial charge in [-0.05, 0) is 43.0 Å². The number of hydrogen-bond donors (Lipinski definition) is 1. The van der Waals surface area contributed by atoms with Gasteiger partial charge in [0.05, 0.1) is 6.54 Å². The molecule has 0 bridgehead atoms. The molecule has 0 heterocycles. The zero-order chi connectivity index (χ0) is 15.5. The second kappa shape index (κ2) is 10.4. The van der Waals surface area contributed by atoms with Gasteiger partial charge >= 0.3 is 0 Å². The van der Waals surface area contributed by atoms with Crippen molar-refractivity contribution in [1.82, 2.24) is 10.2 Å². The van der Waals surface area contributed by atoms with Crippen LogP contribution in [0, 0.1) is 12.3 Å². The predicted molar refractivity (Wildman–Crippen MR) is 92.4 cm³/mol. The van der Waals surface area contributed by atoms with Crippen LogP contribution in [0.3, 0.4) is 0 Å². The molecule has 1 unspecified atom stereocenters. The fourth-order valence-electron chi connectivity index (χ4n) is 2.48. The Labute approximate surface area is 130 Å². The molecule has 1 aromatic carbocycles. The molecule has 0 aliphatic carbocycles. The largest absolute Gasteiger partial charge is 0.316 e. The highest BCUT2D eigenvalue weighted by atomic mass is 15.1. The third-order valence-corrected chi connectivity index (χ3v) is 3.69. The van der Waals surface area contributed by atoms with E-state index in [0.717, 1.165) is 39.1 Å². The lowest BCUT2D eigenvalue weighted by Crippen LogP contribution is -2.24. The van der Waals surface area contributed by atoms with Crippen LogP contribution in [0.4, 0.5) is 0 Å². The normalized spacial score (nSPS) is 12.3. The maximum absolute atomic E-state index is 5.44. The van der Waals surface area contributed by atoms with Crippen LogP contribution in [0.15, 0.2) is 24.3 Å². The van der Waals surface area contributed by atoms with E-state index >= 15 is 0 Å². The molecule has 1 atom stereocenters. The van der Waals surface area contributed by atoms with Gasteiger partial charge in [0.15, 0.2) is 0 Å². The Balaban J connectivity index is 2.54. The third kappa shape index (κ3) is 6.80. The minimum absolute atomic E-state index is 0.558. The molecule has 0 amide bonds. The van der Waals surface area contributed by atoms with Gasteiger partial charge < -0.3 is 5.32 Å². The number of nitrogens with one attached hydrogen (secondary N) is 1. The maximum atomic E-state index is 5.44. The van der Waals surface area contributed by atoms with Gasteiger partial charge in [-0.1, -0.05) is 51.0 Å². The van der Waals surface area contributed by atoms with Crippen LogP contribution in [0.5, 0.6) is 0 Å². The molecule has 0 spiro atoms. The molecule has 0 aliphatic heterocycles. The van der Waals surface area contributed by atoms with E-state index in [4.69, 9.17) is 6.42 Å². The Morgan fingerprint density at radius 2 is 1.90 bits per heavy atom. The highest BCUT2D eigenvalue weighted by molar-refractivity contribution is 5.25. The van der Waals surface area contributed by atoms with Crippen LogP contribution < -0.4 is 5.32 Å². The zero-order valence-corrected chi connectivity index (χ0v) is 13.9. The van der Waals surface area contributed by atoms with E-state index in [1.165, 1.54) is 17.5 Å². The van der Waals surface area contributed by atoms with Crippen LogP contribution in [0.1, 0.15) is 50.7 Å². The van der Waals surface area contributed by atoms with E-state index in [1.807, 2.05) is 0 Å². The number of hydrogen-bond acceptors (Lipinski definition) is 2. The lowest BCUT2D eigenvalue weighted by atomic mass is 9.99. The molecule has 2 heteroatoms. The average Bonchev–Trinajstić information content (AvgIpc) is 2.48. The van der Waals surface area contributed by atoms with Crippen LogP contribution >= 0.6 is 0 Å². The molecule has 1 rings (SSSR count). The minimum Gasteiger partial charge on any atom is -0.316 e. The molecule has 0 aliphatic rings. The van der Waals surface area contributed by atoms with Gasteiger partial charge in [-0.15, -0.1) is 6.42 Å². The molecule has 0 saturated carbocycles. The minimum atomic E-state index is 0.558. The Morgan fingerprint density at radius 3 is 2.48 bits per heavy atom. The SMILES string of the molecule is C#CCN(CCC)Cc1ccc(C(C)CNCCC)cc1. The first-order valence-electron chi connectivity index (χ1n) is 8.16. The Bertz CT molecular complexity index is 416. The maximum Gasteiger partial charge on any atom is 0.0601 e. The summed E-state index contributed by atoms with van der Waals surface area (Å²) in [4.78, 5) is 2.32. The fraction of sp³-hybridized carbons (Fsp3) is 0.579. The van der Waals surface area contributed by atoms with Crippen molar-refractivity contribution in [3.8, 4) is 12.3 Å². The van der Waals surface area contributed by atoms with Crippen molar-refractivity contribution in [2.24, 2.45) is 0 Å². The molecule has 1 N–H and O–H groups in total. The van der Waals surface area contributed by atoms with Crippen molar-refractivity contribution in [2.45, 2.75) is 46.1 Å². The van der Waals surface area contributed by atoms with E-state index in [0.29, 0.717) is 5.92 Å². The summed E-state index contributed by atoms with van der Waals surface area (Å²) < 4.78 is 0. The number of benzene rings is 1. The first-order valence-corrected chi connectivity index (χ1v) is 8.16. The summed E-state index contributed by atoms with van der Waals surface area (Å²) in [5.41, 5.74) is 2.75. The third-order valence-electron chi connectivity index (χ3n) is 3.69. The van der Waals surface area contributed by atoms with E-state index < -0.39 is 0 Å². The molecule has 0 radical (unpaired) electrons. The molecule has 2 nitrogen and oxygen atoms in total. The van der Waals surface area contributed by atoms with Crippen molar-refractivity contribution >= 4 is 0 Å². The summed E-state index contributed by atoms with van der Waals surface area (Å²) in [6.07, 6.45) is 7.76. The molecule has 116 valence electrons. The van der Waals surface area contributed by atoms with E-state index in [1.54, 1.807) is 0 Å². The topological polar surface area (TPSA) is 15.3 Å². The first kappa shape index (κ1) is 17.8. The molecule has 0 aromatic heterocycles. The average molecular weight is 286 g/mol. The highest BCUT2D eigenvalue weighted by Gasteiger charge is 2.07. The Hall–Kier alpha value is -1.30. The second-order valence-corrected chi connectivity index (χ2v) is 5.76. The van der Waals surface area contributed by atoms with Crippen molar-refractivity contribution in [3.05, 3.63) is 35.4 Å². The summed E-state index contributed by atoms with van der Waals surface area (Å²) in [5, 5.41) is 3.48. The molecular weight excluding hydrogens is 256 g/mol. The summed E-state index contributed by atoms with van der Waals surface area (Å²) in [6.45, 7) is 11.5. The zero-order valence-electron chi connectivity index (χ0n) is 13.9. The highest BCUT2D eigenvalue weighted by Crippen LogP contribution is 2.16. The smallest absolute Gasteiger partial charge is 0.0601 e. The van der Waals surface area contributed by atoms with E-state index in [2.05, 4.69) is 61.2 Å². The lowest BCUT2D eigenvalue weighted by Gasteiger charge is -2.19. The summed E-state index contributed by atoms with van der Waals surface area (Å²) in [6, 6.07) is 9.00. The molecular formula is C19H30N2. The van der Waals surface area contributed by atoms with E-state index in [-0.39, 0.29) is 0 Å². The van der Waals surface area contributed by atoms with Crippen molar-refractivity contribution in [2.75, 3.05) is 26.2 Å². The van der Waals surface area contributed by atoms with Crippen molar-refractivity contribution in [3.63, 3.8) is 0 Å². The molecule has 21 heavy (non-hydrogen) atoms. The first-order chi connectivity index (χ1) is 10.2. The Kier molecular flexibility index (Phi) is 8.82. The van der Waals surface area contributed by atoms with Gasteiger partial charge in [0.1, 0.15) is 0 Å². The fourth-order valence-corrected chi connectivity index (χ4v) is 2.48. The van der Waals surface area contributed by atoms with Gasteiger partial charge in [0, 0.05) is 13.1 Å². The summed E-state index contributed by atoms with van der Waals surface area (Å²) in [7, 11) is 0. The van der Waals surface area contributed by atoms with Crippen molar-refractivity contribution in [1.29, 1.82) is 0 Å². The molecule has 0 saturated heterocycles. The Morgan fingerprint density at radius 1 is 1.19 bits per heavy atom. The van der Waals surface area contributed by atoms with Gasteiger partial charge in [-0.3, -0.25) is 4.90 Å². The molecule has 1 aromatic rings. The monoisotopic (exact) mass is 286 g/mol.